The number of halogens is 3. The molecule has 140 valence electrons. The van der Waals surface area contributed by atoms with Crippen LogP contribution in [0.3, 0.4) is 0 Å². The third-order valence-corrected chi connectivity index (χ3v) is 4.17. The summed E-state index contributed by atoms with van der Waals surface area (Å²) < 4.78 is 50.2. The number of alkyl halides is 3. The number of benzene rings is 2. The number of anilines is 1. The van der Waals surface area contributed by atoms with Gasteiger partial charge in [-0.05, 0) is 36.2 Å². The highest BCUT2D eigenvalue weighted by molar-refractivity contribution is 5.89. The lowest BCUT2D eigenvalue weighted by Crippen LogP contribution is -2.16. The predicted octanol–water partition coefficient (Wildman–Crippen LogP) is 4.07. The first-order valence-electron chi connectivity index (χ1n) is 8.47. The van der Waals surface area contributed by atoms with Crippen LogP contribution in [0.25, 0.3) is 10.9 Å². The Bertz CT molecular complexity index is 976. The minimum atomic E-state index is -4.60. The molecule has 2 heterocycles. The van der Waals surface area contributed by atoms with Crippen LogP contribution in [0.1, 0.15) is 11.4 Å². The Labute approximate surface area is 153 Å². The highest BCUT2D eigenvalue weighted by Crippen LogP contribution is 2.32. The van der Waals surface area contributed by atoms with Crippen LogP contribution < -0.4 is 14.8 Å². The van der Waals surface area contributed by atoms with Crippen LogP contribution in [-0.2, 0) is 12.6 Å². The number of fused-ring (bicyclic) bond motifs is 2. The van der Waals surface area contributed by atoms with E-state index < -0.39 is 12.0 Å². The molecule has 0 bridgehead atoms. The molecule has 5 nitrogen and oxygen atoms in total. The molecule has 1 aliphatic rings. The van der Waals surface area contributed by atoms with Crippen molar-refractivity contribution in [1.82, 2.24) is 9.97 Å². The van der Waals surface area contributed by atoms with Crippen LogP contribution in [0.2, 0.25) is 0 Å². The van der Waals surface area contributed by atoms with Gasteiger partial charge in [0.05, 0.1) is 5.52 Å². The normalized spacial score (nSPS) is 13.6. The first-order valence-corrected chi connectivity index (χ1v) is 8.47. The van der Waals surface area contributed by atoms with E-state index in [1.807, 2.05) is 18.2 Å². The van der Waals surface area contributed by atoms with Crippen molar-refractivity contribution < 1.29 is 22.6 Å². The first kappa shape index (κ1) is 17.4. The average molecular weight is 375 g/mol. The molecule has 3 aromatic rings. The fourth-order valence-corrected chi connectivity index (χ4v) is 2.91. The molecule has 2 aromatic carbocycles. The summed E-state index contributed by atoms with van der Waals surface area (Å²) in [6, 6.07) is 12.3. The first-order chi connectivity index (χ1) is 13.0. The summed E-state index contributed by atoms with van der Waals surface area (Å²) in [6.07, 6.45) is -4.01. The van der Waals surface area contributed by atoms with E-state index in [1.54, 1.807) is 18.2 Å². The third-order valence-electron chi connectivity index (χ3n) is 4.17. The number of hydrogen-bond donors (Lipinski definition) is 1. The molecule has 0 saturated carbocycles. The van der Waals surface area contributed by atoms with E-state index in [-0.39, 0.29) is 11.3 Å². The van der Waals surface area contributed by atoms with E-state index >= 15 is 0 Å². The topological polar surface area (TPSA) is 56.3 Å². The maximum atomic E-state index is 13.1. The van der Waals surface area contributed by atoms with Crippen LogP contribution in [0.4, 0.5) is 19.0 Å². The van der Waals surface area contributed by atoms with Gasteiger partial charge in [-0.25, -0.2) is 9.97 Å². The summed E-state index contributed by atoms with van der Waals surface area (Å²) in [5.74, 6) is 0.411. The van der Waals surface area contributed by atoms with Gasteiger partial charge in [0, 0.05) is 11.9 Å². The van der Waals surface area contributed by atoms with Crippen molar-refractivity contribution in [2.24, 2.45) is 0 Å². The molecule has 0 spiro atoms. The molecule has 0 saturated heterocycles. The minimum absolute atomic E-state index is 0.172. The van der Waals surface area contributed by atoms with Gasteiger partial charge < -0.3 is 14.8 Å². The summed E-state index contributed by atoms with van der Waals surface area (Å²) in [4.78, 5) is 7.30. The summed E-state index contributed by atoms with van der Waals surface area (Å²) in [7, 11) is 0. The van der Waals surface area contributed by atoms with Gasteiger partial charge in [0.15, 0.2) is 11.5 Å². The van der Waals surface area contributed by atoms with E-state index in [0.717, 1.165) is 5.56 Å². The standard InChI is InChI=1S/C19H16F3N3O2/c20-19(21,22)18-24-14-4-2-1-3-13(14)17(25-18)23-8-7-12-5-6-15-16(11-12)27-10-9-26-15/h1-6,11H,7-10H2,(H,23,24,25). The smallest absolute Gasteiger partial charge is 0.451 e. The lowest BCUT2D eigenvalue weighted by Gasteiger charge is -2.19. The minimum Gasteiger partial charge on any atom is -0.486 e. The van der Waals surface area contributed by atoms with Crippen molar-refractivity contribution in [1.29, 1.82) is 0 Å². The Morgan fingerprint density at radius 2 is 1.74 bits per heavy atom. The fourth-order valence-electron chi connectivity index (χ4n) is 2.91. The Balaban J connectivity index is 1.53. The van der Waals surface area contributed by atoms with Gasteiger partial charge in [0.25, 0.3) is 0 Å². The van der Waals surface area contributed by atoms with E-state index in [9.17, 15) is 13.2 Å². The third kappa shape index (κ3) is 3.74. The Hall–Kier alpha value is -3.03. The van der Waals surface area contributed by atoms with Gasteiger partial charge in [-0.1, -0.05) is 18.2 Å². The second-order valence-electron chi connectivity index (χ2n) is 6.07. The van der Waals surface area contributed by atoms with Crippen molar-refractivity contribution in [3.63, 3.8) is 0 Å². The van der Waals surface area contributed by atoms with Gasteiger partial charge >= 0.3 is 6.18 Å². The largest absolute Gasteiger partial charge is 0.486 e. The lowest BCUT2D eigenvalue weighted by atomic mass is 10.1. The summed E-state index contributed by atoms with van der Waals surface area (Å²) >= 11 is 0. The van der Waals surface area contributed by atoms with Gasteiger partial charge in [-0.15, -0.1) is 0 Å². The Kier molecular flexibility index (Phi) is 4.47. The highest BCUT2D eigenvalue weighted by atomic mass is 19.4. The lowest BCUT2D eigenvalue weighted by molar-refractivity contribution is -0.144. The van der Waals surface area contributed by atoms with Gasteiger partial charge in [-0.2, -0.15) is 13.2 Å². The number of hydrogen-bond acceptors (Lipinski definition) is 5. The number of nitrogens with zero attached hydrogens (tertiary/aromatic N) is 2. The monoisotopic (exact) mass is 375 g/mol. The molecule has 4 rings (SSSR count). The molecule has 1 N–H and O–H groups in total. The second-order valence-corrected chi connectivity index (χ2v) is 6.07. The summed E-state index contributed by atoms with van der Waals surface area (Å²) in [6.45, 7) is 1.44. The van der Waals surface area contributed by atoms with Crippen molar-refractivity contribution in [2.75, 3.05) is 25.1 Å². The number of nitrogens with one attached hydrogen (secondary N) is 1. The second kappa shape index (κ2) is 6.94. The van der Waals surface area contributed by atoms with Gasteiger partial charge in [0.2, 0.25) is 5.82 Å². The fraction of sp³-hybridized carbons (Fsp3) is 0.263. The quantitative estimate of drug-likeness (QED) is 0.745. The molecule has 8 heteroatoms. The van der Waals surface area contributed by atoms with Crippen molar-refractivity contribution >= 4 is 16.7 Å². The molecule has 0 radical (unpaired) electrons. The number of ether oxygens (including phenoxy) is 2. The van der Waals surface area contributed by atoms with Gasteiger partial charge in [-0.3, -0.25) is 0 Å². The number of aromatic nitrogens is 2. The van der Waals surface area contributed by atoms with Crippen molar-refractivity contribution in [3.05, 3.63) is 53.9 Å². The highest BCUT2D eigenvalue weighted by Gasteiger charge is 2.35. The molecule has 1 aromatic heterocycles. The molecular formula is C19H16F3N3O2. The number of rotatable bonds is 4. The molecule has 1 aliphatic heterocycles. The van der Waals surface area contributed by atoms with E-state index in [0.29, 0.717) is 43.1 Å². The zero-order valence-electron chi connectivity index (χ0n) is 14.2. The van der Waals surface area contributed by atoms with E-state index in [1.165, 1.54) is 6.07 Å². The van der Waals surface area contributed by atoms with Gasteiger partial charge in [0.1, 0.15) is 19.0 Å². The molecule has 0 fully saturated rings. The molecular weight excluding hydrogens is 359 g/mol. The molecule has 27 heavy (non-hydrogen) atoms. The predicted molar refractivity (Wildman–Crippen MR) is 94.2 cm³/mol. The van der Waals surface area contributed by atoms with Crippen LogP contribution in [0.15, 0.2) is 42.5 Å². The van der Waals surface area contributed by atoms with E-state index in [4.69, 9.17) is 9.47 Å². The van der Waals surface area contributed by atoms with Crippen LogP contribution in [0, 0.1) is 0 Å². The average Bonchev–Trinajstić information content (AvgIpc) is 2.67. The van der Waals surface area contributed by atoms with Crippen molar-refractivity contribution in [3.8, 4) is 11.5 Å². The summed E-state index contributed by atoms with van der Waals surface area (Å²) in [5.41, 5.74) is 1.24. The van der Waals surface area contributed by atoms with Crippen LogP contribution >= 0.6 is 0 Å². The molecule has 0 atom stereocenters. The maximum absolute atomic E-state index is 13.1. The number of para-hydroxylation sites is 1. The van der Waals surface area contributed by atoms with E-state index in [2.05, 4.69) is 15.3 Å². The van der Waals surface area contributed by atoms with Crippen LogP contribution in [0.5, 0.6) is 11.5 Å². The Morgan fingerprint density at radius 3 is 2.56 bits per heavy atom. The summed E-state index contributed by atoms with van der Waals surface area (Å²) in [5, 5.41) is 3.55. The molecule has 0 amide bonds. The zero-order chi connectivity index (χ0) is 18.9. The van der Waals surface area contributed by atoms with Crippen LogP contribution in [-0.4, -0.2) is 29.7 Å². The maximum Gasteiger partial charge on any atom is 0.451 e. The zero-order valence-corrected chi connectivity index (χ0v) is 14.2. The molecule has 0 unspecified atom stereocenters. The Morgan fingerprint density at radius 1 is 0.963 bits per heavy atom. The SMILES string of the molecule is FC(F)(F)c1nc(NCCc2ccc3c(c2)OCCO3)c2ccccc2n1. The van der Waals surface area contributed by atoms with Crippen molar-refractivity contribution in [2.45, 2.75) is 12.6 Å². The molecule has 0 aliphatic carbocycles.